The first kappa shape index (κ1) is 13.8. The lowest BCUT2D eigenvalue weighted by Crippen LogP contribution is -2.13. The van der Waals surface area contributed by atoms with Gasteiger partial charge in [0.25, 0.3) is 5.91 Å². The van der Waals surface area contributed by atoms with E-state index in [1.165, 1.54) is 13.1 Å². The Hall–Kier alpha value is -1.63. The molecule has 0 unspecified atom stereocenters. The Bertz CT molecular complexity index is 647. The number of H-pyrrole nitrogens is 1. The molecular formula is C14H13IN2O2. The molecule has 4 nitrogen and oxygen atoms in total. The number of aromatic nitrogens is 1. The molecule has 0 aliphatic rings. The maximum Gasteiger partial charge on any atom is 0.272 e. The van der Waals surface area contributed by atoms with Gasteiger partial charge in [-0.2, -0.15) is 0 Å². The van der Waals surface area contributed by atoms with Crippen LogP contribution in [0.25, 0.3) is 0 Å². The molecule has 2 N–H and O–H groups in total. The Morgan fingerprint density at radius 1 is 1.26 bits per heavy atom. The number of carbonyl (C=O) groups excluding carboxylic acids is 2. The van der Waals surface area contributed by atoms with E-state index < -0.39 is 0 Å². The Balaban J connectivity index is 2.18. The molecular weight excluding hydrogens is 355 g/mol. The van der Waals surface area contributed by atoms with E-state index in [0.29, 0.717) is 11.3 Å². The van der Waals surface area contributed by atoms with Gasteiger partial charge in [-0.05, 0) is 66.3 Å². The summed E-state index contributed by atoms with van der Waals surface area (Å²) < 4.78 is 1.12. The third kappa shape index (κ3) is 3.23. The molecule has 0 saturated heterocycles. The third-order valence-electron chi connectivity index (χ3n) is 2.77. The number of Topliss-reactive ketones (excluding diaryl/α,β-unsaturated/α-hetero) is 1. The molecule has 0 saturated carbocycles. The lowest BCUT2D eigenvalue weighted by molar-refractivity contribution is 0.101. The van der Waals surface area contributed by atoms with Gasteiger partial charge in [-0.15, -0.1) is 0 Å². The summed E-state index contributed by atoms with van der Waals surface area (Å²) in [5.74, 6) is -0.322. The number of ketones is 1. The number of nitrogens with one attached hydrogen (secondary N) is 2. The van der Waals surface area contributed by atoms with Crippen molar-refractivity contribution in [2.75, 3.05) is 5.32 Å². The number of benzene rings is 1. The van der Waals surface area contributed by atoms with E-state index in [9.17, 15) is 9.59 Å². The smallest absolute Gasteiger partial charge is 0.272 e. The summed E-state index contributed by atoms with van der Waals surface area (Å²) in [5, 5.41) is 2.82. The first-order valence-corrected chi connectivity index (χ1v) is 6.82. The summed E-state index contributed by atoms with van der Waals surface area (Å²) in [4.78, 5) is 26.0. The Morgan fingerprint density at radius 3 is 2.58 bits per heavy atom. The summed E-state index contributed by atoms with van der Waals surface area (Å²) in [6, 6.07) is 7.34. The van der Waals surface area contributed by atoms with Gasteiger partial charge in [0.15, 0.2) is 5.78 Å². The van der Waals surface area contributed by atoms with Gasteiger partial charge in [0.2, 0.25) is 0 Å². The number of halogens is 1. The molecule has 1 aromatic heterocycles. The van der Waals surface area contributed by atoms with Gasteiger partial charge in [-0.1, -0.05) is 0 Å². The first-order chi connectivity index (χ1) is 8.97. The van der Waals surface area contributed by atoms with Crippen molar-refractivity contribution in [1.29, 1.82) is 0 Å². The molecule has 98 valence electrons. The van der Waals surface area contributed by atoms with Crippen molar-refractivity contribution in [1.82, 2.24) is 4.98 Å². The van der Waals surface area contributed by atoms with Crippen LogP contribution >= 0.6 is 22.6 Å². The highest BCUT2D eigenvalue weighted by Gasteiger charge is 2.11. The predicted molar refractivity (Wildman–Crippen MR) is 82.6 cm³/mol. The summed E-state index contributed by atoms with van der Waals surface area (Å²) in [5.41, 5.74) is 2.65. The van der Waals surface area contributed by atoms with E-state index in [2.05, 4.69) is 32.9 Å². The Morgan fingerprint density at radius 2 is 2.00 bits per heavy atom. The summed E-state index contributed by atoms with van der Waals surface area (Å²) >= 11 is 2.22. The van der Waals surface area contributed by atoms with Gasteiger partial charge in [0.05, 0.1) is 0 Å². The summed E-state index contributed by atoms with van der Waals surface area (Å²) in [6.45, 7) is 3.40. The van der Waals surface area contributed by atoms with Crippen LogP contribution in [0.2, 0.25) is 0 Å². The zero-order valence-corrected chi connectivity index (χ0v) is 12.7. The molecule has 0 aliphatic carbocycles. The highest BCUT2D eigenvalue weighted by molar-refractivity contribution is 14.1. The molecule has 0 aliphatic heterocycles. The van der Waals surface area contributed by atoms with Crippen LogP contribution < -0.4 is 5.32 Å². The van der Waals surface area contributed by atoms with Crippen LogP contribution in [0.3, 0.4) is 0 Å². The van der Waals surface area contributed by atoms with E-state index >= 15 is 0 Å². The van der Waals surface area contributed by atoms with E-state index in [0.717, 1.165) is 14.8 Å². The van der Waals surface area contributed by atoms with E-state index in [4.69, 9.17) is 0 Å². The van der Waals surface area contributed by atoms with Crippen LogP contribution in [-0.4, -0.2) is 16.7 Å². The zero-order chi connectivity index (χ0) is 14.0. The van der Waals surface area contributed by atoms with Crippen LogP contribution in [0.5, 0.6) is 0 Å². The van der Waals surface area contributed by atoms with Crippen molar-refractivity contribution in [2.24, 2.45) is 0 Å². The van der Waals surface area contributed by atoms with E-state index in [1.54, 1.807) is 6.07 Å². The second-order valence-electron chi connectivity index (χ2n) is 4.27. The number of aryl methyl sites for hydroxylation is 1. The van der Waals surface area contributed by atoms with Gasteiger partial charge >= 0.3 is 0 Å². The number of hydrogen-bond donors (Lipinski definition) is 2. The second-order valence-corrected chi connectivity index (χ2v) is 5.52. The quantitative estimate of drug-likeness (QED) is 0.645. The standard InChI is InChI=1S/C14H13IN2O2/c1-8-5-11(15)3-4-12(8)17-14(19)13-6-10(7-16-13)9(2)18/h3-7,16H,1-2H3,(H,17,19). The van der Waals surface area contributed by atoms with Gasteiger partial charge in [0, 0.05) is 21.0 Å². The topological polar surface area (TPSA) is 62.0 Å². The highest BCUT2D eigenvalue weighted by Crippen LogP contribution is 2.18. The highest BCUT2D eigenvalue weighted by atomic mass is 127. The minimum absolute atomic E-state index is 0.0688. The fraction of sp³-hybridized carbons (Fsp3) is 0.143. The average Bonchev–Trinajstić information content (AvgIpc) is 2.82. The van der Waals surface area contributed by atoms with Crippen molar-refractivity contribution in [3.63, 3.8) is 0 Å². The largest absolute Gasteiger partial charge is 0.356 e. The third-order valence-corrected chi connectivity index (χ3v) is 3.44. The van der Waals surface area contributed by atoms with Crippen LogP contribution in [0.4, 0.5) is 5.69 Å². The normalized spacial score (nSPS) is 10.3. The Labute approximate surface area is 124 Å². The summed E-state index contributed by atoms with van der Waals surface area (Å²) in [7, 11) is 0. The van der Waals surface area contributed by atoms with Gasteiger partial charge < -0.3 is 10.3 Å². The average molecular weight is 368 g/mol. The van der Waals surface area contributed by atoms with Crippen molar-refractivity contribution in [2.45, 2.75) is 13.8 Å². The molecule has 5 heteroatoms. The number of carbonyl (C=O) groups is 2. The van der Waals surface area contributed by atoms with Gasteiger partial charge in [-0.3, -0.25) is 9.59 Å². The molecule has 19 heavy (non-hydrogen) atoms. The van der Waals surface area contributed by atoms with Crippen LogP contribution in [-0.2, 0) is 0 Å². The van der Waals surface area contributed by atoms with E-state index in [-0.39, 0.29) is 11.7 Å². The lowest BCUT2D eigenvalue weighted by atomic mass is 10.2. The SMILES string of the molecule is CC(=O)c1c[nH]c(C(=O)Nc2ccc(I)cc2C)c1. The molecule has 2 rings (SSSR count). The fourth-order valence-corrected chi connectivity index (χ4v) is 2.33. The van der Waals surface area contributed by atoms with Crippen LogP contribution in [0.15, 0.2) is 30.5 Å². The molecule has 1 amide bonds. The summed E-state index contributed by atoms with van der Waals surface area (Å²) in [6.07, 6.45) is 1.54. The minimum Gasteiger partial charge on any atom is -0.356 e. The molecule has 1 aromatic carbocycles. The molecule has 0 bridgehead atoms. The van der Waals surface area contributed by atoms with Crippen molar-refractivity contribution < 1.29 is 9.59 Å². The maximum absolute atomic E-state index is 12.0. The molecule has 0 radical (unpaired) electrons. The number of anilines is 1. The predicted octanol–water partition coefficient (Wildman–Crippen LogP) is 3.38. The molecule has 0 spiro atoms. The lowest BCUT2D eigenvalue weighted by Gasteiger charge is -2.07. The number of rotatable bonds is 3. The molecule has 2 aromatic rings. The molecule has 0 fully saturated rings. The number of aromatic amines is 1. The number of amides is 1. The molecule has 1 heterocycles. The van der Waals surface area contributed by atoms with Crippen LogP contribution in [0, 0.1) is 10.5 Å². The van der Waals surface area contributed by atoms with Crippen molar-refractivity contribution >= 4 is 40.0 Å². The number of hydrogen-bond acceptors (Lipinski definition) is 2. The maximum atomic E-state index is 12.0. The fourth-order valence-electron chi connectivity index (χ4n) is 1.69. The molecule has 0 atom stereocenters. The minimum atomic E-state index is -0.253. The monoisotopic (exact) mass is 368 g/mol. The zero-order valence-electron chi connectivity index (χ0n) is 10.6. The first-order valence-electron chi connectivity index (χ1n) is 5.74. The Kier molecular flexibility index (Phi) is 4.04. The second kappa shape index (κ2) is 5.56. The van der Waals surface area contributed by atoms with Crippen molar-refractivity contribution in [3.05, 3.63) is 50.9 Å². The van der Waals surface area contributed by atoms with Crippen LogP contribution in [0.1, 0.15) is 33.3 Å². The van der Waals surface area contributed by atoms with Crippen molar-refractivity contribution in [3.8, 4) is 0 Å². The van der Waals surface area contributed by atoms with Gasteiger partial charge in [0.1, 0.15) is 5.69 Å². The van der Waals surface area contributed by atoms with E-state index in [1.807, 2.05) is 25.1 Å². The van der Waals surface area contributed by atoms with Gasteiger partial charge in [-0.25, -0.2) is 0 Å².